The normalized spacial score (nSPS) is 10.7. The lowest BCUT2D eigenvalue weighted by Gasteiger charge is -2.06. The van der Waals surface area contributed by atoms with Gasteiger partial charge < -0.3 is 0 Å². The third kappa shape index (κ3) is 2.97. The molecular weight excluding hydrogens is 268 g/mol. The molecule has 1 aromatic heterocycles. The molecule has 0 aliphatic rings. The van der Waals surface area contributed by atoms with Crippen LogP contribution >= 0.6 is 0 Å². The molecule has 0 bridgehead atoms. The van der Waals surface area contributed by atoms with Gasteiger partial charge in [-0.1, -0.05) is 6.07 Å². The molecule has 2 rings (SSSR count). The van der Waals surface area contributed by atoms with E-state index in [2.05, 4.69) is 14.9 Å². The second kappa shape index (κ2) is 4.91. The number of aromatic nitrogens is 2. The summed E-state index contributed by atoms with van der Waals surface area (Å²) < 4.78 is 26.2. The fourth-order valence-electron chi connectivity index (χ4n) is 1.33. The van der Waals surface area contributed by atoms with Crippen molar-refractivity contribution >= 4 is 15.8 Å². The summed E-state index contributed by atoms with van der Waals surface area (Å²) in [4.78, 5) is 10.8. The van der Waals surface area contributed by atoms with Crippen molar-refractivity contribution in [2.24, 2.45) is 0 Å². The van der Waals surface area contributed by atoms with E-state index in [-0.39, 0.29) is 16.3 Å². The number of hydrogen-bond donors (Lipinski definition) is 2. The predicted molar refractivity (Wildman–Crippen MR) is 66.8 cm³/mol. The molecule has 0 radical (unpaired) electrons. The Morgan fingerprint density at radius 3 is 2.68 bits per heavy atom. The lowest BCUT2D eigenvalue weighted by atomic mass is 10.2. The minimum Gasteiger partial charge on any atom is -0.268 e. The second-order valence-electron chi connectivity index (χ2n) is 3.55. The highest BCUT2D eigenvalue weighted by Crippen LogP contribution is 2.14. The molecule has 0 aliphatic carbocycles. The Balaban J connectivity index is 2.35. The molecular formula is C11H8N4O3S. The van der Waals surface area contributed by atoms with Crippen LogP contribution in [-0.4, -0.2) is 18.6 Å². The van der Waals surface area contributed by atoms with Crippen molar-refractivity contribution in [2.75, 3.05) is 4.72 Å². The van der Waals surface area contributed by atoms with Crippen molar-refractivity contribution < 1.29 is 8.42 Å². The number of nitrogens with zero attached hydrogens (tertiary/aromatic N) is 2. The number of rotatable bonds is 3. The fourth-order valence-corrected chi connectivity index (χ4v) is 2.38. The lowest BCUT2D eigenvalue weighted by Crippen LogP contribution is -2.16. The van der Waals surface area contributed by atoms with Crippen molar-refractivity contribution in [3.8, 4) is 6.07 Å². The van der Waals surface area contributed by atoms with E-state index in [0.717, 1.165) is 6.07 Å². The molecule has 0 saturated carbocycles. The highest BCUT2D eigenvalue weighted by atomic mass is 32.2. The third-order valence-corrected chi connectivity index (χ3v) is 3.54. The zero-order valence-electron chi connectivity index (χ0n) is 9.49. The Morgan fingerprint density at radius 1 is 1.26 bits per heavy atom. The summed E-state index contributed by atoms with van der Waals surface area (Å²) in [6.45, 7) is 0. The highest BCUT2D eigenvalue weighted by molar-refractivity contribution is 7.92. The zero-order chi connectivity index (χ0) is 13.9. The molecule has 0 amide bonds. The Morgan fingerprint density at radius 2 is 2.05 bits per heavy atom. The van der Waals surface area contributed by atoms with Gasteiger partial charge in [0.2, 0.25) is 0 Å². The number of hydrogen-bond acceptors (Lipinski definition) is 5. The number of nitrogens with one attached hydrogen (secondary N) is 2. The van der Waals surface area contributed by atoms with E-state index in [0.29, 0.717) is 0 Å². The number of anilines is 1. The van der Waals surface area contributed by atoms with Crippen LogP contribution in [0.5, 0.6) is 0 Å². The lowest BCUT2D eigenvalue weighted by molar-refractivity contribution is 0.601. The molecule has 0 saturated heterocycles. The molecule has 2 N–H and O–H groups in total. The molecule has 0 fully saturated rings. The summed E-state index contributed by atoms with van der Waals surface area (Å²) in [6.07, 6.45) is 0. The quantitative estimate of drug-likeness (QED) is 0.844. The van der Waals surface area contributed by atoms with E-state index in [9.17, 15) is 13.2 Å². The Hall–Kier alpha value is -2.66. The SMILES string of the molecule is N#Cc1cccc(S(=O)(=O)Nc2ccc(=O)[nH]n2)c1. The zero-order valence-corrected chi connectivity index (χ0v) is 10.3. The molecule has 2 aromatic rings. The van der Waals surface area contributed by atoms with Crippen molar-refractivity contribution in [1.82, 2.24) is 10.2 Å². The first-order valence-electron chi connectivity index (χ1n) is 5.10. The van der Waals surface area contributed by atoms with Crippen LogP contribution in [-0.2, 0) is 10.0 Å². The number of sulfonamides is 1. The molecule has 0 spiro atoms. The van der Waals surface area contributed by atoms with E-state index in [1.165, 1.54) is 30.3 Å². The first kappa shape index (κ1) is 12.8. The first-order chi connectivity index (χ1) is 9.01. The van der Waals surface area contributed by atoms with Crippen LogP contribution < -0.4 is 10.3 Å². The van der Waals surface area contributed by atoms with Crippen LogP contribution in [0.4, 0.5) is 5.82 Å². The highest BCUT2D eigenvalue weighted by Gasteiger charge is 2.15. The molecule has 0 atom stereocenters. The topological polar surface area (TPSA) is 116 Å². The molecule has 0 aliphatic heterocycles. The minimum atomic E-state index is -3.84. The molecule has 96 valence electrons. The molecule has 0 unspecified atom stereocenters. The number of benzene rings is 1. The van der Waals surface area contributed by atoms with Crippen molar-refractivity contribution in [1.29, 1.82) is 5.26 Å². The maximum Gasteiger partial charge on any atom is 0.264 e. The van der Waals surface area contributed by atoms with Gasteiger partial charge in [0.25, 0.3) is 15.6 Å². The standard InChI is InChI=1S/C11H8N4O3S/c12-7-8-2-1-3-9(6-8)19(17,18)15-10-4-5-11(16)14-13-10/h1-6H,(H,13,15)(H,14,16). The van der Waals surface area contributed by atoms with Gasteiger partial charge in [0.15, 0.2) is 5.82 Å². The number of nitriles is 1. The molecule has 1 heterocycles. The monoisotopic (exact) mass is 276 g/mol. The molecule has 1 aromatic carbocycles. The van der Waals surface area contributed by atoms with Crippen LogP contribution in [0.1, 0.15) is 5.56 Å². The van der Waals surface area contributed by atoms with Crippen LogP contribution in [0.15, 0.2) is 46.1 Å². The van der Waals surface area contributed by atoms with Crippen LogP contribution in [0.3, 0.4) is 0 Å². The average molecular weight is 276 g/mol. The van der Waals surface area contributed by atoms with Crippen molar-refractivity contribution in [3.63, 3.8) is 0 Å². The maximum absolute atomic E-state index is 12.0. The summed E-state index contributed by atoms with van der Waals surface area (Å²) in [7, 11) is -3.84. The van der Waals surface area contributed by atoms with E-state index in [1.807, 2.05) is 6.07 Å². The van der Waals surface area contributed by atoms with Gasteiger partial charge in [0.1, 0.15) is 0 Å². The smallest absolute Gasteiger partial charge is 0.264 e. The summed E-state index contributed by atoms with van der Waals surface area (Å²) in [5.41, 5.74) is -0.202. The molecule has 7 nitrogen and oxygen atoms in total. The maximum atomic E-state index is 12.0. The minimum absolute atomic E-state index is 0.0121. The summed E-state index contributed by atoms with van der Waals surface area (Å²) in [5, 5.41) is 14.4. The van der Waals surface area contributed by atoms with Crippen LogP contribution in [0.25, 0.3) is 0 Å². The van der Waals surface area contributed by atoms with Gasteiger partial charge in [-0.2, -0.15) is 10.4 Å². The van der Waals surface area contributed by atoms with Gasteiger partial charge in [-0.15, -0.1) is 0 Å². The van der Waals surface area contributed by atoms with Gasteiger partial charge in [-0.3, -0.25) is 9.52 Å². The van der Waals surface area contributed by atoms with Crippen LogP contribution in [0.2, 0.25) is 0 Å². The van der Waals surface area contributed by atoms with Crippen molar-refractivity contribution in [3.05, 3.63) is 52.3 Å². The first-order valence-corrected chi connectivity index (χ1v) is 6.58. The van der Waals surface area contributed by atoms with E-state index < -0.39 is 15.6 Å². The number of H-pyrrole nitrogens is 1. The van der Waals surface area contributed by atoms with Gasteiger partial charge >= 0.3 is 0 Å². The van der Waals surface area contributed by atoms with E-state index in [4.69, 9.17) is 5.26 Å². The molecule has 19 heavy (non-hydrogen) atoms. The van der Waals surface area contributed by atoms with Gasteiger partial charge in [-0.05, 0) is 24.3 Å². The average Bonchev–Trinajstić information content (AvgIpc) is 2.41. The summed E-state index contributed by atoms with van der Waals surface area (Å²) in [5.74, 6) is -0.0121. The van der Waals surface area contributed by atoms with E-state index in [1.54, 1.807) is 0 Å². The Kier molecular flexibility index (Phi) is 3.31. The van der Waals surface area contributed by atoms with Crippen LogP contribution in [0, 0.1) is 11.3 Å². The fraction of sp³-hybridized carbons (Fsp3) is 0. The second-order valence-corrected chi connectivity index (χ2v) is 5.23. The summed E-state index contributed by atoms with van der Waals surface area (Å²) >= 11 is 0. The Labute approximate surface area is 108 Å². The van der Waals surface area contributed by atoms with Crippen molar-refractivity contribution in [2.45, 2.75) is 4.90 Å². The van der Waals surface area contributed by atoms with Gasteiger partial charge in [-0.25, -0.2) is 13.5 Å². The molecule has 8 heteroatoms. The van der Waals surface area contributed by atoms with E-state index >= 15 is 0 Å². The Bertz CT molecular complexity index is 785. The van der Waals surface area contributed by atoms with Gasteiger partial charge in [0, 0.05) is 6.07 Å². The number of aromatic amines is 1. The van der Waals surface area contributed by atoms with Gasteiger partial charge in [0.05, 0.1) is 16.5 Å². The largest absolute Gasteiger partial charge is 0.268 e. The summed E-state index contributed by atoms with van der Waals surface area (Å²) in [6, 6.07) is 9.81. The predicted octanol–water partition coefficient (Wildman–Crippen LogP) is 0.442. The third-order valence-electron chi connectivity index (χ3n) is 2.19.